The molecule has 0 fully saturated rings. The van der Waals surface area contributed by atoms with E-state index < -0.39 is 6.09 Å². The SMILES string of the molecule is Cc1cc(C)nc(NC(=O)OCc2ccccc2)n1. The van der Waals surface area contributed by atoms with E-state index in [2.05, 4.69) is 15.3 Å². The highest BCUT2D eigenvalue weighted by atomic mass is 16.5. The zero-order valence-corrected chi connectivity index (χ0v) is 10.9. The molecule has 0 atom stereocenters. The minimum absolute atomic E-state index is 0.220. The first-order valence-corrected chi connectivity index (χ1v) is 5.93. The zero-order chi connectivity index (χ0) is 13.7. The summed E-state index contributed by atoms with van der Waals surface area (Å²) < 4.78 is 5.08. The van der Waals surface area contributed by atoms with Crippen LogP contribution in [0.1, 0.15) is 17.0 Å². The van der Waals surface area contributed by atoms with E-state index in [4.69, 9.17) is 4.74 Å². The van der Waals surface area contributed by atoms with Gasteiger partial charge in [0.1, 0.15) is 6.61 Å². The zero-order valence-electron chi connectivity index (χ0n) is 10.9. The Morgan fingerprint density at radius 3 is 2.42 bits per heavy atom. The fourth-order valence-electron chi connectivity index (χ4n) is 1.63. The number of carbonyl (C=O) groups excluding carboxylic acids is 1. The van der Waals surface area contributed by atoms with Crippen molar-refractivity contribution in [3.63, 3.8) is 0 Å². The van der Waals surface area contributed by atoms with Crippen molar-refractivity contribution in [3.8, 4) is 0 Å². The number of nitrogens with zero attached hydrogens (tertiary/aromatic N) is 2. The van der Waals surface area contributed by atoms with Gasteiger partial charge in [-0.1, -0.05) is 30.3 Å². The van der Waals surface area contributed by atoms with E-state index in [0.29, 0.717) is 0 Å². The Balaban J connectivity index is 1.91. The number of nitrogens with one attached hydrogen (secondary N) is 1. The van der Waals surface area contributed by atoms with Gasteiger partial charge in [0, 0.05) is 11.4 Å². The topological polar surface area (TPSA) is 64.1 Å². The van der Waals surface area contributed by atoms with Gasteiger partial charge >= 0.3 is 6.09 Å². The van der Waals surface area contributed by atoms with Gasteiger partial charge in [-0.2, -0.15) is 0 Å². The van der Waals surface area contributed by atoms with Gasteiger partial charge in [0.05, 0.1) is 0 Å². The summed E-state index contributed by atoms with van der Waals surface area (Å²) in [7, 11) is 0. The summed E-state index contributed by atoms with van der Waals surface area (Å²) in [6, 6.07) is 11.3. The van der Waals surface area contributed by atoms with Crippen LogP contribution in [0, 0.1) is 13.8 Å². The molecule has 0 aliphatic heterocycles. The lowest BCUT2D eigenvalue weighted by atomic mass is 10.2. The minimum atomic E-state index is -0.561. The van der Waals surface area contributed by atoms with Crippen molar-refractivity contribution in [3.05, 3.63) is 53.3 Å². The Hall–Kier alpha value is -2.43. The molecule has 0 spiro atoms. The molecule has 1 heterocycles. The lowest BCUT2D eigenvalue weighted by Crippen LogP contribution is -2.16. The van der Waals surface area contributed by atoms with Gasteiger partial charge in [-0.15, -0.1) is 0 Å². The van der Waals surface area contributed by atoms with Crippen LogP contribution < -0.4 is 5.32 Å². The molecule has 0 radical (unpaired) electrons. The van der Waals surface area contributed by atoms with Gasteiger partial charge in [-0.3, -0.25) is 5.32 Å². The Morgan fingerprint density at radius 2 is 1.79 bits per heavy atom. The number of hydrogen-bond acceptors (Lipinski definition) is 4. The molecule has 0 saturated carbocycles. The molecular weight excluding hydrogens is 242 g/mol. The van der Waals surface area contributed by atoms with Crippen molar-refractivity contribution < 1.29 is 9.53 Å². The molecule has 0 unspecified atom stereocenters. The molecule has 1 aromatic carbocycles. The molecule has 5 nitrogen and oxygen atoms in total. The van der Waals surface area contributed by atoms with E-state index in [9.17, 15) is 4.79 Å². The molecule has 0 aliphatic rings. The number of amides is 1. The van der Waals surface area contributed by atoms with Crippen LogP contribution in [-0.4, -0.2) is 16.1 Å². The van der Waals surface area contributed by atoms with Crippen LogP contribution in [-0.2, 0) is 11.3 Å². The normalized spacial score (nSPS) is 10.0. The maximum atomic E-state index is 11.6. The molecular formula is C14H15N3O2. The van der Waals surface area contributed by atoms with Crippen LogP contribution in [0.4, 0.5) is 10.7 Å². The third kappa shape index (κ3) is 4.06. The Labute approximate surface area is 111 Å². The van der Waals surface area contributed by atoms with Crippen molar-refractivity contribution in [1.82, 2.24) is 9.97 Å². The maximum Gasteiger partial charge on any atom is 0.414 e. The lowest BCUT2D eigenvalue weighted by molar-refractivity contribution is 0.155. The number of rotatable bonds is 3. The van der Waals surface area contributed by atoms with Crippen LogP contribution in [0.25, 0.3) is 0 Å². The molecule has 1 amide bonds. The molecule has 2 aromatic rings. The van der Waals surface area contributed by atoms with E-state index in [1.54, 1.807) is 0 Å². The Morgan fingerprint density at radius 1 is 1.16 bits per heavy atom. The monoisotopic (exact) mass is 257 g/mol. The van der Waals surface area contributed by atoms with Gasteiger partial charge in [0.15, 0.2) is 0 Å². The van der Waals surface area contributed by atoms with Crippen molar-refractivity contribution >= 4 is 12.0 Å². The van der Waals surface area contributed by atoms with Gasteiger partial charge in [0.2, 0.25) is 5.95 Å². The lowest BCUT2D eigenvalue weighted by Gasteiger charge is -2.07. The van der Waals surface area contributed by atoms with E-state index >= 15 is 0 Å². The Kier molecular flexibility index (Phi) is 4.07. The Bertz CT molecular complexity index is 550. The fourth-order valence-corrected chi connectivity index (χ4v) is 1.63. The molecule has 0 aliphatic carbocycles. The average Bonchev–Trinajstić information content (AvgIpc) is 2.36. The number of hydrogen-bond donors (Lipinski definition) is 1. The average molecular weight is 257 g/mol. The molecule has 5 heteroatoms. The van der Waals surface area contributed by atoms with E-state index in [0.717, 1.165) is 17.0 Å². The molecule has 19 heavy (non-hydrogen) atoms. The number of aromatic nitrogens is 2. The second kappa shape index (κ2) is 5.95. The predicted molar refractivity (Wildman–Crippen MR) is 71.8 cm³/mol. The molecule has 0 saturated heterocycles. The first kappa shape index (κ1) is 13.0. The van der Waals surface area contributed by atoms with Crippen molar-refractivity contribution in [1.29, 1.82) is 0 Å². The smallest absolute Gasteiger partial charge is 0.414 e. The summed E-state index contributed by atoms with van der Waals surface area (Å²) in [4.78, 5) is 19.8. The fraction of sp³-hybridized carbons (Fsp3) is 0.214. The number of benzene rings is 1. The minimum Gasteiger partial charge on any atom is -0.444 e. The summed E-state index contributed by atoms with van der Waals surface area (Å²) in [5.41, 5.74) is 2.52. The van der Waals surface area contributed by atoms with Crippen LogP contribution in [0.5, 0.6) is 0 Å². The number of ether oxygens (including phenoxy) is 1. The van der Waals surface area contributed by atoms with Crippen molar-refractivity contribution in [2.24, 2.45) is 0 Å². The van der Waals surface area contributed by atoms with Crippen LogP contribution in [0.3, 0.4) is 0 Å². The summed E-state index contributed by atoms with van der Waals surface area (Å²) >= 11 is 0. The quantitative estimate of drug-likeness (QED) is 0.918. The van der Waals surface area contributed by atoms with Crippen LogP contribution in [0.2, 0.25) is 0 Å². The maximum absolute atomic E-state index is 11.6. The molecule has 98 valence electrons. The van der Waals surface area contributed by atoms with Crippen molar-refractivity contribution in [2.45, 2.75) is 20.5 Å². The van der Waals surface area contributed by atoms with Gasteiger partial charge < -0.3 is 4.74 Å². The number of aryl methyl sites for hydroxylation is 2. The summed E-state index contributed by atoms with van der Waals surface area (Å²) in [5.74, 6) is 0.260. The predicted octanol–water partition coefficient (Wildman–Crippen LogP) is 2.84. The molecule has 2 rings (SSSR count). The second-order valence-electron chi connectivity index (χ2n) is 4.16. The summed E-state index contributed by atoms with van der Waals surface area (Å²) in [6.45, 7) is 3.90. The number of carbonyl (C=O) groups is 1. The molecule has 0 bridgehead atoms. The van der Waals surface area contributed by atoms with Gasteiger partial charge in [-0.25, -0.2) is 14.8 Å². The summed E-state index contributed by atoms with van der Waals surface area (Å²) in [5, 5.41) is 2.51. The van der Waals surface area contributed by atoms with Crippen molar-refractivity contribution in [2.75, 3.05) is 5.32 Å². The van der Waals surface area contributed by atoms with Crippen LogP contribution in [0.15, 0.2) is 36.4 Å². The van der Waals surface area contributed by atoms with E-state index in [1.807, 2.05) is 50.2 Å². The molecule has 1 N–H and O–H groups in total. The van der Waals surface area contributed by atoms with Gasteiger partial charge in [0.25, 0.3) is 0 Å². The second-order valence-corrected chi connectivity index (χ2v) is 4.16. The van der Waals surface area contributed by atoms with E-state index in [-0.39, 0.29) is 12.6 Å². The van der Waals surface area contributed by atoms with E-state index in [1.165, 1.54) is 0 Å². The standard InChI is InChI=1S/C14H15N3O2/c1-10-8-11(2)16-13(15-10)17-14(18)19-9-12-6-4-3-5-7-12/h3-8H,9H2,1-2H3,(H,15,16,17,18). The third-order valence-electron chi connectivity index (χ3n) is 2.41. The highest BCUT2D eigenvalue weighted by molar-refractivity contribution is 5.82. The highest BCUT2D eigenvalue weighted by Crippen LogP contribution is 2.05. The first-order valence-electron chi connectivity index (χ1n) is 5.93. The summed E-state index contributed by atoms with van der Waals surface area (Å²) in [6.07, 6.45) is -0.561. The third-order valence-corrected chi connectivity index (χ3v) is 2.41. The largest absolute Gasteiger partial charge is 0.444 e. The number of anilines is 1. The van der Waals surface area contributed by atoms with Gasteiger partial charge in [-0.05, 0) is 25.5 Å². The highest BCUT2D eigenvalue weighted by Gasteiger charge is 2.06. The van der Waals surface area contributed by atoms with Crippen LogP contribution >= 0.6 is 0 Å². The molecule has 1 aromatic heterocycles. The first-order chi connectivity index (χ1) is 9.13.